The molecule has 1 aromatic rings. The molecule has 0 amide bonds. The van der Waals surface area contributed by atoms with Crippen molar-refractivity contribution in [1.82, 2.24) is 0 Å². The Labute approximate surface area is 157 Å². The lowest BCUT2D eigenvalue weighted by atomic mass is 9.82. The van der Waals surface area contributed by atoms with Crippen LogP contribution in [0.3, 0.4) is 0 Å². The van der Waals surface area contributed by atoms with E-state index in [2.05, 4.69) is 31.2 Å². The molecular formula is C22H32O2S. The van der Waals surface area contributed by atoms with Gasteiger partial charge in [-0.2, -0.15) is 0 Å². The number of benzene rings is 1. The van der Waals surface area contributed by atoms with Gasteiger partial charge in [0.05, 0.1) is 11.4 Å². The van der Waals surface area contributed by atoms with E-state index < -0.39 is 5.60 Å². The number of Topliss-reactive ketones (excluding diaryl/α,β-unsaturated/α-hetero) is 1. The third-order valence-corrected chi connectivity index (χ3v) is 7.00. The van der Waals surface area contributed by atoms with Crippen LogP contribution in [0.1, 0.15) is 77.6 Å². The van der Waals surface area contributed by atoms with Crippen molar-refractivity contribution in [2.24, 2.45) is 0 Å². The number of carbonyl (C=O) groups is 1. The molecule has 25 heavy (non-hydrogen) atoms. The van der Waals surface area contributed by atoms with Crippen LogP contribution in [0.4, 0.5) is 0 Å². The first kappa shape index (κ1) is 19.0. The first-order valence-corrected chi connectivity index (χ1v) is 11.1. The van der Waals surface area contributed by atoms with Crippen LogP contribution in [0.15, 0.2) is 35.2 Å². The molecule has 0 bridgehead atoms. The van der Waals surface area contributed by atoms with Crippen molar-refractivity contribution in [3.63, 3.8) is 0 Å². The molecule has 3 rings (SSSR count). The molecule has 0 N–H and O–H groups in total. The Bertz CT molecular complexity index is 536. The second-order valence-electron chi connectivity index (χ2n) is 7.63. The van der Waals surface area contributed by atoms with Crippen molar-refractivity contribution in [3.05, 3.63) is 30.3 Å². The standard InChI is InChI=1S/C22H32O2S/c1-2-3-4-5-10-15-19-20(25-18-13-8-6-9-14-18)21(23)22(24-19)16-11-7-12-17-22/h6,8-9,13-14,19-20H,2-5,7,10-12,15-17H2,1H3/t19-,20-/m1/s1. The van der Waals surface area contributed by atoms with E-state index in [-0.39, 0.29) is 11.4 Å². The van der Waals surface area contributed by atoms with E-state index in [1.807, 2.05) is 6.07 Å². The lowest BCUT2D eigenvalue weighted by Gasteiger charge is -2.31. The van der Waals surface area contributed by atoms with Crippen molar-refractivity contribution < 1.29 is 9.53 Å². The highest BCUT2D eigenvalue weighted by molar-refractivity contribution is 8.00. The Morgan fingerprint density at radius 2 is 1.76 bits per heavy atom. The van der Waals surface area contributed by atoms with E-state index in [1.165, 1.54) is 43.4 Å². The molecule has 2 fully saturated rings. The van der Waals surface area contributed by atoms with E-state index in [4.69, 9.17) is 4.74 Å². The predicted molar refractivity (Wildman–Crippen MR) is 105 cm³/mol. The van der Waals surface area contributed by atoms with Gasteiger partial charge >= 0.3 is 0 Å². The molecule has 138 valence electrons. The number of ether oxygens (including phenoxy) is 1. The Morgan fingerprint density at radius 1 is 1.04 bits per heavy atom. The van der Waals surface area contributed by atoms with Crippen LogP contribution >= 0.6 is 11.8 Å². The average molecular weight is 361 g/mol. The summed E-state index contributed by atoms with van der Waals surface area (Å²) < 4.78 is 6.52. The minimum absolute atomic E-state index is 0.0216. The van der Waals surface area contributed by atoms with Crippen molar-refractivity contribution in [3.8, 4) is 0 Å². The van der Waals surface area contributed by atoms with Crippen molar-refractivity contribution in [2.45, 2.75) is 99.4 Å². The molecule has 0 radical (unpaired) electrons. The number of thioether (sulfide) groups is 1. The molecule has 2 nitrogen and oxygen atoms in total. The monoisotopic (exact) mass is 360 g/mol. The molecular weight excluding hydrogens is 328 g/mol. The van der Waals surface area contributed by atoms with Gasteiger partial charge in [-0.05, 0) is 31.4 Å². The fraction of sp³-hybridized carbons (Fsp3) is 0.682. The highest BCUT2D eigenvalue weighted by Crippen LogP contribution is 2.46. The highest BCUT2D eigenvalue weighted by Gasteiger charge is 2.54. The molecule has 1 saturated carbocycles. The lowest BCUT2D eigenvalue weighted by Crippen LogP contribution is -2.40. The summed E-state index contributed by atoms with van der Waals surface area (Å²) in [5.41, 5.74) is -0.460. The number of hydrogen-bond acceptors (Lipinski definition) is 3. The summed E-state index contributed by atoms with van der Waals surface area (Å²) in [6.45, 7) is 2.25. The van der Waals surface area contributed by atoms with Gasteiger partial charge in [0, 0.05) is 4.90 Å². The maximum absolute atomic E-state index is 13.3. The second-order valence-corrected chi connectivity index (χ2v) is 8.84. The largest absolute Gasteiger partial charge is 0.362 e. The number of unbranched alkanes of at least 4 members (excludes halogenated alkanes) is 4. The topological polar surface area (TPSA) is 26.3 Å². The Balaban J connectivity index is 1.67. The van der Waals surface area contributed by atoms with E-state index in [0.29, 0.717) is 5.78 Å². The van der Waals surface area contributed by atoms with Gasteiger partial charge in [-0.1, -0.05) is 76.5 Å². The molecule has 1 aliphatic heterocycles. The third kappa shape index (κ3) is 4.68. The third-order valence-electron chi connectivity index (χ3n) is 5.68. The van der Waals surface area contributed by atoms with Crippen molar-refractivity contribution in [2.75, 3.05) is 0 Å². The van der Waals surface area contributed by atoms with E-state index in [0.717, 1.165) is 32.1 Å². The average Bonchev–Trinajstić information content (AvgIpc) is 2.89. The molecule has 0 aromatic heterocycles. The van der Waals surface area contributed by atoms with Gasteiger partial charge in [-0.3, -0.25) is 4.79 Å². The van der Waals surface area contributed by atoms with Crippen LogP contribution in [0, 0.1) is 0 Å². The van der Waals surface area contributed by atoms with Crippen LogP contribution in [-0.4, -0.2) is 22.7 Å². The van der Waals surface area contributed by atoms with Gasteiger partial charge < -0.3 is 4.74 Å². The Morgan fingerprint density at radius 3 is 2.48 bits per heavy atom. The van der Waals surface area contributed by atoms with Gasteiger partial charge in [0.2, 0.25) is 0 Å². The van der Waals surface area contributed by atoms with E-state index in [1.54, 1.807) is 11.8 Å². The van der Waals surface area contributed by atoms with Gasteiger partial charge in [0.1, 0.15) is 5.60 Å². The SMILES string of the molecule is CCCCCCC[C@H]1OC2(CCCCC2)C(=O)[C@@H]1Sc1ccccc1. The first-order chi connectivity index (χ1) is 12.2. The molecule has 1 aromatic carbocycles. The summed E-state index contributed by atoms with van der Waals surface area (Å²) in [6.07, 6.45) is 12.8. The van der Waals surface area contributed by atoms with E-state index in [9.17, 15) is 4.79 Å². The summed E-state index contributed by atoms with van der Waals surface area (Å²) in [5.74, 6) is 0.375. The summed E-state index contributed by atoms with van der Waals surface area (Å²) in [5, 5.41) is -0.0216. The van der Waals surface area contributed by atoms with Crippen LogP contribution in [0.5, 0.6) is 0 Å². The highest BCUT2D eigenvalue weighted by atomic mass is 32.2. The van der Waals surface area contributed by atoms with Crippen LogP contribution in [0.2, 0.25) is 0 Å². The van der Waals surface area contributed by atoms with Gasteiger partial charge in [0.25, 0.3) is 0 Å². The van der Waals surface area contributed by atoms with Gasteiger partial charge in [-0.15, -0.1) is 11.8 Å². The Hall–Kier alpha value is -0.800. The molecule has 2 aliphatic rings. The fourth-order valence-electron chi connectivity index (χ4n) is 4.26. The van der Waals surface area contributed by atoms with Crippen LogP contribution in [0.25, 0.3) is 0 Å². The molecule has 2 atom stereocenters. The minimum Gasteiger partial charge on any atom is -0.362 e. The predicted octanol–water partition coefficient (Wildman–Crippen LogP) is 6.18. The summed E-state index contributed by atoms with van der Waals surface area (Å²) in [7, 11) is 0. The minimum atomic E-state index is -0.460. The smallest absolute Gasteiger partial charge is 0.180 e. The van der Waals surface area contributed by atoms with Crippen LogP contribution < -0.4 is 0 Å². The van der Waals surface area contributed by atoms with E-state index >= 15 is 0 Å². The maximum atomic E-state index is 13.3. The van der Waals surface area contributed by atoms with Gasteiger partial charge in [0.15, 0.2) is 5.78 Å². The summed E-state index contributed by atoms with van der Waals surface area (Å²) in [4.78, 5) is 14.5. The number of rotatable bonds is 8. The summed E-state index contributed by atoms with van der Waals surface area (Å²) in [6, 6.07) is 10.4. The quantitative estimate of drug-likeness (QED) is 0.518. The zero-order valence-corrected chi connectivity index (χ0v) is 16.4. The molecule has 1 spiro atoms. The molecule has 1 aliphatic carbocycles. The molecule has 0 unspecified atom stereocenters. The molecule has 1 heterocycles. The maximum Gasteiger partial charge on any atom is 0.180 e. The lowest BCUT2D eigenvalue weighted by molar-refractivity contribution is -0.137. The number of ketones is 1. The van der Waals surface area contributed by atoms with Gasteiger partial charge in [-0.25, -0.2) is 0 Å². The second kappa shape index (κ2) is 9.23. The van der Waals surface area contributed by atoms with Crippen molar-refractivity contribution in [1.29, 1.82) is 0 Å². The zero-order chi connectivity index (χ0) is 17.5. The summed E-state index contributed by atoms with van der Waals surface area (Å²) >= 11 is 1.73. The fourth-order valence-corrected chi connectivity index (χ4v) is 5.53. The molecule has 1 saturated heterocycles. The van der Waals surface area contributed by atoms with Crippen LogP contribution in [-0.2, 0) is 9.53 Å². The zero-order valence-electron chi connectivity index (χ0n) is 15.5. The first-order valence-electron chi connectivity index (χ1n) is 10.2. The normalized spacial score (nSPS) is 25.6. The van der Waals surface area contributed by atoms with Crippen molar-refractivity contribution >= 4 is 17.5 Å². The Kier molecular flexibility index (Phi) is 7.00. The number of carbonyl (C=O) groups excluding carboxylic acids is 1. The number of hydrogen-bond donors (Lipinski definition) is 0. The molecule has 3 heteroatoms.